The number of thioether (sulfide) groups is 1. The predicted octanol–water partition coefficient (Wildman–Crippen LogP) is 0.840. The molecule has 3 heterocycles. The number of oxime groups is 1. The average Bonchev–Trinajstić information content (AvgIpc) is 3.20. The molecule has 1 aromatic rings. The Morgan fingerprint density at radius 3 is 2.62 bits per heavy atom. The lowest BCUT2D eigenvalue weighted by molar-refractivity contribution is -0.173. The normalized spacial score (nSPS) is 20.3. The summed E-state index contributed by atoms with van der Waals surface area (Å²) in [4.78, 5) is 60.3. The number of nitrogens with zero attached hydrogens (tertiary/aromatic N) is 3. The minimum Gasteiger partial charge on any atom is -0.427 e. The van der Waals surface area contributed by atoms with E-state index in [2.05, 4.69) is 15.5 Å². The molecule has 12 nitrogen and oxygen atoms in total. The summed E-state index contributed by atoms with van der Waals surface area (Å²) in [5.74, 6) is -2.04. The number of carbonyl (C=O) groups excluding carboxylic acids is 4. The Kier molecular flexibility index (Phi) is 7.51. The van der Waals surface area contributed by atoms with Crippen LogP contribution in [0, 0.1) is 5.41 Å². The van der Waals surface area contributed by atoms with Crippen LogP contribution in [0.5, 0.6) is 0 Å². The molecule has 2 atom stereocenters. The van der Waals surface area contributed by atoms with Crippen LogP contribution in [0.2, 0.25) is 0 Å². The second kappa shape index (κ2) is 10.0. The smallest absolute Gasteiger partial charge is 0.357 e. The molecule has 0 aliphatic carbocycles. The van der Waals surface area contributed by atoms with Gasteiger partial charge < -0.3 is 25.4 Å². The highest BCUT2D eigenvalue weighted by atomic mass is 32.2. The zero-order chi connectivity index (χ0) is 25.2. The molecule has 1 fully saturated rings. The molecule has 0 bridgehead atoms. The van der Waals surface area contributed by atoms with Crippen molar-refractivity contribution in [2.75, 3.05) is 25.4 Å². The summed E-state index contributed by atoms with van der Waals surface area (Å²) in [6.07, 6.45) is 0. The fourth-order valence-corrected chi connectivity index (χ4v) is 4.93. The molecule has 2 unspecified atom stereocenters. The number of nitrogens with two attached hydrogens (primary N) is 1. The van der Waals surface area contributed by atoms with Crippen LogP contribution < -0.4 is 11.1 Å². The van der Waals surface area contributed by atoms with Crippen molar-refractivity contribution in [3.05, 3.63) is 22.3 Å². The SMILES string of the molecule is CO/N=C(/C(=O)NC1C(=O)N2C(C(=O)OCOC(=O)C(C)(C)C)=C(C)CSC12)c1csc(N)n1. The summed E-state index contributed by atoms with van der Waals surface area (Å²) in [6.45, 7) is 6.15. The van der Waals surface area contributed by atoms with Crippen LogP contribution >= 0.6 is 23.1 Å². The molecule has 1 aromatic heterocycles. The first-order valence-electron chi connectivity index (χ1n) is 10.1. The van der Waals surface area contributed by atoms with Crippen LogP contribution in [0.15, 0.2) is 21.8 Å². The van der Waals surface area contributed by atoms with Crippen molar-refractivity contribution in [3.8, 4) is 0 Å². The Bertz CT molecular complexity index is 1080. The molecule has 184 valence electrons. The Balaban J connectivity index is 1.66. The first-order chi connectivity index (χ1) is 16.0. The number of hydrogen-bond donors (Lipinski definition) is 2. The van der Waals surface area contributed by atoms with Crippen LogP contribution in [0.1, 0.15) is 33.4 Å². The third-order valence-electron chi connectivity index (χ3n) is 4.79. The lowest BCUT2D eigenvalue weighted by Gasteiger charge is -2.49. The maximum atomic E-state index is 12.9. The van der Waals surface area contributed by atoms with Crippen LogP contribution in [0.4, 0.5) is 5.13 Å². The molecule has 34 heavy (non-hydrogen) atoms. The van der Waals surface area contributed by atoms with Gasteiger partial charge in [0.15, 0.2) is 10.8 Å². The minimum atomic E-state index is -0.898. The van der Waals surface area contributed by atoms with Crippen LogP contribution in [-0.4, -0.2) is 70.4 Å². The molecule has 0 spiro atoms. The molecule has 2 amide bonds. The number of ether oxygens (including phenoxy) is 2. The number of carbonyl (C=O) groups is 4. The van der Waals surface area contributed by atoms with Gasteiger partial charge in [0.25, 0.3) is 11.8 Å². The Morgan fingerprint density at radius 1 is 1.32 bits per heavy atom. The van der Waals surface area contributed by atoms with Crippen molar-refractivity contribution < 1.29 is 33.5 Å². The van der Waals surface area contributed by atoms with Crippen LogP contribution in [-0.2, 0) is 33.5 Å². The molecule has 2 aliphatic rings. The molecule has 0 aromatic carbocycles. The maximum Gasteiger partial charge on any atom is 0.357 e. The largest absolute Gasteiger partial charge is 0.427 e. The molecule has 2 aliphatic heterocycles. The van der Waals surface area contributed by atoms with Crippen LogP contribution in [0.3, 0.4) is 0 Å². The number of nitrogens with one attached hydrogen (secondary N) is 1. The number of aromatic nitrogens is 1. The fourth-order valence-electron chi connectivity index (χ4n) is 3.09. The molecule has 3 N–H and O–H groups in total. The second-order valence-electron chi connectivity index (χ2n) is 8.41. The van der Waals surface area contributed by atoms with Crippen molar-refractivity contribution in [3.63, 3.8) is 0 Å². The van der Waals surface area contributed by atoms with E-state index in [1.165, 1.54) is 23.8 Å². The minimum absolute atomic E-state index is 0.0733. The number of hydrogen-bond acceptors (Lipinski definition) is 12. The van der Waals surface area contributed by atoms with E-state index in [-0.39, 0.29) is 22.2 Å². The quantitative estimate of drug-likeness (QED) is 0.176. The van der Waals surface area contributed by atoms with E-state index in [0.717, 1.165) is 11.3 Å². The van der Waals surface area contributed by atoms with E-state index in [9.17, 15) is 19.2 Å². The number of rotatable bonds is 7. The Labute approximate surface area is 203 Å². The molecule has 0 saturated carbocycles. The maximum absolute atomic E-state index is 12.9. The lowest BCUT2D eigenvalue weighted by atomic mass is 9.98. The number of thiazole rings is 1. The summed E-state index contributed by atoms with van der Waals surface area (Å²) in [6, 6.07) is -0.898. The summed E-state index contributed by atoms with van der Waals surface area (Å²) in [7, 11) is 1.28. The number of esters is 2. The van der Waals surface area contributed by atoms with Gasteiger partial charge in [-0.25, -0.2) is 9.78 Å². The van der Waals surface area contributed by atoms with Crippen molar-refractivity contribution in [2.45, 2.75) is 39.1 Å². The zero-order valence-corrected chi connectivity index (χ0v) is 20.9. The monoisotopic (exact) mass is 511 g/mol. The van der Waals surface area contributed by atoms with Gasteiger partial charge in [-0.3, -0.25) is 19.3 Å². The van der Waals surface area contributed by atoms with Gasteiger partial charge in [0.2, 0.25) is 6.79 Å². The van der Waals surface area contributed by atoms with Gasteiger partial charge >= 0.3 is 11.9 Å². The number of β-lactam (4-membered cyclic amide) rings is 1. The number of amides is 2. The first-order valence-corrected chi connectivity index (χ1v) is 12.0. The van der Waals surface area contributed by atoms with E-state index < -0.39 is 47.4 Å². The van der Waals surface area contributed by atoms with Crippen LogP contribution in [0.25, 0.3) is 0 Å². The number of nitrogen functional groups attached to an aromatic ring is 1. The van der Waals surface area contributed by atoms with E-state index in [1.807, 2.05) is 0 Å². The summed E-state index contributed by atoms with van der Waals surface area (Å²) >= 11 is 2.52. The third-order valence-corrected chi connectivity index (χ3v) is 6.89. The highest BCUT2D eigenvalue weighted by Crippen LogP contribution is 2.40. The van der Waals surface area contributed by atoms with E-state index in [0.29, 0.717) is 11.3 Å². The van der Waals surface area contributed by atoms with E-state index in [1.54, 1.807) is 33.1 Å². The highest BCUT2D eigenvalue weighted by molar-refractivity contribution is 8.00. The predicted molar refractivity (Wildman–Crippen MR) is 124 cm³/mol. The highest BCUT2D eigenvalue weighted by Gasteiger charge is 2.54. The van der Waals surface area contributed by atoms with Gasteiger partial charge in [-0.15, -0.1) is 23.1 Å². The molecule has 3 rings (SSSR count). The zero-order valence-electron chi connectivity index (χ0n) is 19.2. The number of fused-ring (bicyclic) bond motifs is 1. The number of anilines is 1. The molecule has 14 heteroatoms. The van der Waals surface area contributed by atoms with Gasteiger partial charge in [-0.05, 0) is 33.3 Å². The third kappa shape index (κ3) is 5.17. The summed E-state index contributed by atoms with van der Waals surface area (Å²) in [5.41, 5.74) is 5.67. The molecule has 0 radical (unpaired) electrons. The Hall–Kier alpha value is -3.13. The standard InChI is InChI=1S/C20H25N5O7S2/c1-9-6-33-16-12(23-14(26)11(24-30-5)10-7-34-19(21)22-10)15(27)25(16)13(9)17(28)31-8-32-18(29)20(2,3)4/h7,12,16H,6,8H2,1-5H3,(H2,21,22)(H,23,26)/b24-11+. The average molecular weight is 512 g/mol. The summed E-state index contributed by atoms with van der Waals surface area (Å²) < 4.78 is 10.0. The van der Waals surface area contributed by atoms with Gasteiger partial charge in [-0.2, -0.15) is 0 Å². The van der Waals surface area contributed by atoms with Crippen molar-refractivity contribution >= 4 is 57.7 Å². The molecule has 1 saturated heterocycles. The first kappa shape index (κ1) is 25.5. The topological polar surface area (TPSA) is 163 Å². The fraction of sp³-hybridized carbons (Fsp3) is 0.500. The Morgan fingerprint density at radius 2 is 2.03 bits per heavy atom. The van der Waals surface area contributed by atoms with Crippen molar-refractivity contribution in [1.82, 2.24) is 15.2 Å². The molecular formula is C20H25N5O7S2. The lowest BCUT2D eigenvalue weighted by Crippen LogP contribution is -2.71. The van der Waals surface area contributed by atoms with Crippen molar-refractivity contribution in [2.24, 2.45) is 10.6 Å². The van der Waals surface area contributed by atoms with E-state index >= 15 is 0 Å². The summed E-state index contributed by atoms with van der Waals surface area (Å²) in [5, 5.41) is 7.60. The van der Waals surface area contributed by atoms with E-state index in [4.69, 9.17) is 20.0 Å². The molecular weight excluding hydrogens is 486 g/mol. The van der Waals surface area contributed by atoms with Crippen molar-refractivity contribution in [1.29, 1.82) is 0 Å². The van der Waals surface area contributed by atoms with Gasteiger partial charge in [0.1, 0.15) is 29.9 Å². The van der Waals surface area contributed by atoms with Gasteiger partial charge in [-0.1, -0.05) is 5.16 Å². The second-order valence-corrected chi connectivity index (χ2v) is 10.4. The van der Waals surface area contributed by atoms with Gasteiger partial charge in [0.05, 0.1) is 5.41 Å². The van der Waals surface area contributed by atoms with Gasteiger partial charge in [0, 0.05) is 11.1 Å².